The van der Waals surface area contributed by atoms with Crippen LogP contribution in [-0.4, -0.2) is 16.3 Å². The molecule has 0 aromatic carbocycles. The molecule has 1 N–H and O–H groups in total. The van der Waals surface area contributed by atoms with Gasteiger partial charge in [-0.15, -0.1) is 0 Å². The summed E-state index contributed by atoms with van der Waals surface area (Å²) >= 11 is 0. The topological polar surface area (TPSA) is 42.0 Å². The van der Waals surface area contributed by atoms with Crippen molar-refractivity contribution in [2.24, 2.45) is 16.2 Å². The Labute approximate surface area is 157 Å². The predicted octanol–water partition coefficient (Wildman–Crippen LogP) is 5.54. The molecular formula is C23H32N2O. The highest BCUT2D eigenvalue weighted by molar-refractivity contribution is 6.00. The van der Waals surface area contributed by atoms with Gasteiger partial charge in [0.1, 0.15) is 5.82 Å². The van der Waals surface area contributed by atoms with Gasteiger partial charge in [-0.2, -0.15) is 0 Å². The number of fused-ring (bicyclic) bond motifs is 3. The van der Waals surface area contributed by atoms with Gasteiger partial charge in [-0.05, 0) is 60.5 Å². The summed E-state index contributed by atoms with van der Waals surface area (Å²) in [5.41, 5.74) is 2.79. The zero-order chi connectivity index (χ0) is 18.8. The lowest BCUT2D eigenvalue weighted by atomic mass is 9.48. The molecule has 1 fully saturated rings. The van der Waals surface area contributed by atoms with E-state index in [0.29, 0.717) is 12.2 Å². The molecule has 0 spiro atoms. The number of allylic oxidation sites excluding steroid dienone is 1. The van der Waals surface area contributed by atoms with Crippen LogP contribution in [0.1, 0.15) is 73.1 Å². The molecule has 0 amide bonds. The van der Waals surface area contributed by atoms with Crippen molar-refractivity contribution in [2.45, 2.75) is 78.7 Å². The second-order valence-electron chi connectivity index (χ2n) is 11.0. The number of nitrogens with one attached hydrogen (secondary N) is 1. The van der Waals surface area contributed by atoms with Crippen molar-refractivity contribution in [3.05, 3.63) is 35.5 Å². The standard InChI is InChI=1S/C23H32N2O/c1-20(2)10-16-11-22(5)13-21(3,4)14-23(15-22,19(16)17(26)12-20)25-18-8-6-7-9-24-18/h6-9H,10-15H2,1-5H3,(H,24,25). The molecule has 3 aliphatic rings. The molecule has 3 heteroatoms. The summed E-state index contributed by atoms with van der Waals surface area (Å²) in [6, 6.07) is 5.99. The first kappa shape index (κ1) is 17.8. The Bertz CT molecular complexity index is 777. The van der Waals surface area contributed by atoms with Gasteiger partial charge in [-0.1, -0.05) is 46.3 Å². The number of aromatic nitrogens is 1. The minimum atomic E-state index is -0.272. The highest BCUT2D eigenvalue weighted by Gasteiger charge is 2.57. The van der Waals surface area contributed by atoms with Crippen LogP contribution in [0.2, 0.25) is 0 Å². The number of nitrogens with zero attached hydrogens (tertiary/aromatic N) is 1. The summed E-state index contributed by atoms with van der Waals surface area (Å²) in [6.45, 7) is 11.6. The van der Waals surface area contributed by atoms with Crippen LogP contribution < -0.4 is 5.32 Å². The SMILES string of the molecule is CC1(C)CC(=O)C2=C(C1)CC1(C)CC(C)(C)CC2(Nc2ccccn2)C1. The Morgan fingerprint density at radius 3 is 2.38 bits per heavy atom. The Morgan fingerprint density at radius 1 is 0.923 bits per heavy atom. The quantitative estimate of drug-likeness (QED) is 0.760. The molecule has 26 heavy (non-hydrogen) atoms. The van der Waals surface area contributed by atoms with Crippen molar-refractivity contribution in [2.75, 3.05) is 5.32 Å². The van der Waals surface area contributed by atoms with E-state index in [2.05, 4.69) is 44.9 Å². The predicted molar refractivity (Wildman–Crippen MR) is 106 cm³/mol. The second-order valence-corrected chi connectivity index (χ2v) is 11.0. The highest BCUT2D eigenvalue weighted by atomic mass is 16.1. The summed E-state index contributed by atoms with van der Waals surface area (Å²) in [4.78, 5) is 17.9. The van der Waals surface area contributed by atoms with Gasteiger partial charge in [0.15, 0.2) is 5.78 Å². The van der Waals surface area contributed by atoms with Gasteiger partial charge < -0.3 is 5.32 Å². The number of hydrogen-bond donors (Lipinski definition) is 1. The summed E-state index contributed by atoms with van der Waals surface area (Å²) in [5.74, 6) is 1.25. The molecule has 0 saturated heterocycles. The minimum Gasteiger partial charge on any atom is -0.360 e. The largest absolute Gasteiger partial charge is 0.360 e. The van der Waals surface area contributed by atoms with Gasteiger partial charge in [-0.25, -0.2) is 4.98 Å². The third-order valence-electron chi connectivity index (χ3n) is 6.53. The molecule has 140 valence electrons. The summed E-state index contributed by atoms with van der Waals surface area (Å²) < 4.78 is 0. The van der Waals surface area contributed by atoms with Crippen molar-refractivity contribution < 1.29 is 4.79 Å². The van der Waals surface area contributed by atoms with E-state index in [1.807, 2.05) is 24.4 Å². The molecule has 2 bridgehead atoms. The minimum absolute atomic E-state index is 0.0830. The molecule has 1 aromatic heterocycles. The fraction of sp³-hybridized carbons (Fsp3) is 0.652. The molecule has 2 unspecified atom stereocenters. The van der Waals surface area contributed by atoms with Gasteiger partial charge in [0, 0.05) is 18.2 Å². The van der Waals surface area contributed by atoms with E-state index >= 15 is 0 Å². The zero-order valence-electron chi connectivity index (χ0n) is 16.9. The van der Waals surface area contributed by atoms with Gasteiger partial charge >= 0.3 is 0 Å². The normalized spacial score (nSPS) is 35.0. The first-order chi connectivity index (χ1) is 12.0. The summed E-state index contributed by atoms with van der Waals surface area (Å²) in [7, 11) is 0. The van der Waals surface area contributed by atoms with E-state index < -0.39 is 0 Å². The number of pyridine rings is 1. The highest BCUT2D eigenvalue weighted by Crippen LogP contribution is 2.62. The maximum absolute atomic E-state index is 13.3. The van der Waals surface area contributed by atoms with E-state index in [-0.39, 0.29) is 21.8 Å². The van der Waals surface area contributed by atoms with Crippen LogP contribution in [-0.2, 0) is 4.79 Å². The molecule has 1 aromatic rings. The van der Waals surface area contributed by atoms with Crippen molar-refractivity contribution >= 4 is 11.6 Å². The van der Waals surface area contributed by atoms with Crippen molar-refractivity contribution in [3.63, 3.8) is 0 Å². The number of carbonyl (C=O) groups excluding carboxylic acids is 1. The number of Topliss-reactive ketones (excluding diaryl/α,β-unsaturated/α-hetero) is 1. The van der Waals surface area contributed by atoms with Crippen LogP contribution in [0.15, 0.2) is 35.5 Å². The molecule has 4 rings (SSSR count). The van der Waals surface area contributed by atoms with Crippen LogP contribution in [0.3, 0.4) is 0 Å². The molecule has 1 heterocycles. The third-order valence-corrected chi connectivity index (χ3v) is 6.53. The van der Waals surface area contributed by atoms with Crippen LogP contribution in [0.4, 0.5) is 5.82 Å². The molecule has 3 nitrogen and oxygen atoms in total. The summed E-state index contributed by atoms with van der Waals surface area (Å²) in [6.07, 6.45) is 7.87. The molecule has 0 aliphatic heterocycles. The molecule has 0 radical (unpaired) electrons. The van der Waals surface area contributed by atoms with Gasteiger partial charge in [0.05, 0.1) is 5.54 Å². The van der Waals surface area contributed by atoms with Gasteiger partial charge in [0.2, 0.25) is 0 Å². The van der Waals surface area contributed by atoms with E-state index in [1.165, 1.54) is 12.0 Å². The van der Waals surface area contributed by atoms with E-state index in [4.69, 9.17) is 0 Å². The van der Waals surface area contributed by atoms with Gasteiger partial charge in [0.25, 0.3) is 0 Å². The van der Waals surface area contributed by atoms with Crippen LogP contribution in [0, 0.1) is 16.2 Å². The zero-order valence-corrected chi connectivity index (χ0v) is 16.9. The number of carbonyl (C=O) groups is 1. The Morgan fingerprint density at radius 2 is 1.69 bits per heavy atom. The lowest BCUT2D eigenvalue weighted by molar-refractivity contribution is -0.120. The molecular weight excluding hydrogens is 320 g/mol. The Balaban J connectivity index is 1.87. The number of hydrogen-bond acceptors (Lipinski definition) is 3. The van der Waals surface area contributed by atoms with E-state index in [0.717, 1.165) is 37.1 Å². The fourth-order valence-electron chi connectivity index (χ4n) is 6.74. The first-order valence-electron chi connectivity index (χ1n) is 9.97. The maximum Gasteiger partial charge on any atom is 0.161 e. The first-order valence-corrected chi connectivity index (χ1v) is 9.97. The summed E-state index contributed by atoms with van der Waals surface area (Å²) in [5, 5.41) is 3.77. The Hall–Kier alpha value is -1.64. The van der Waals surface area contributed by atoms with Crippen LogP contribution in [0.5, 0.6) is 0 Å². The van der Waals surface area contributed by atoms with Crippen LogP contribution in [0.25, 0.3) is 0 Å². The van der Waals surface area contributed by atoms with E-state index in [9.17, 15) is 4.79 Å². The molecule has 1 saturated carbocycles. The number of anilines is 1. The average molecular weight is 353 g/mol. The number of rotatable bonds is 2. The van der Waals surface area contributed by atoms with Crippen molar-refractivity contribution in [1.29, 1.82) is 0 Å². The Kier molecular flexibility index (Phi) is 3.71. The maximum atomic E-state index is 13.3. The van der Waals surface area contributed by atoms with Crippen molar-refractivity contribution in [3.8, 4) is 0 Å². The van der Waals surface area contributed by atoms with Gasteiger partial charge in [-0.3, -0.25) is 4.79 Å². The monoisotopic (exact) mass is 352 g/mol. The second kappa shape index (κ2) is 5.43. The lowest BCUT2D eigenvalue weighted by Gasteiger charge is -2.59. The fourth-order valence-corrected chi connectivity index (χ4v) is 6.74. The van der Waals surface area contributed by atoms with E-state index in [1.54, 1.807) is 0 Å². The lowest BCUT2D eigenvalue weighted by Crippen LogP contribution is -2.58. The molecule has 3 aliphatic carbocycles. The molecule has 2 atom stereocenters. The van der Waals surface area contributed by atoms with Crippen molar-refractivity contribution in [1.82, 2.24) is 4.98 Å². The number of ketones is 1. The average Bonchev–Trinajstić information content (AvgIpc) is 2.42. The van der Waals surface area contributed by atoms with Crippen LogP contribution >= 0.6 is 0 Å². The smallest absolute Gasteiger partial charge is 0.161 e. The third kappa shape index (κ3) is 3.00.